The molecule has 0 spiro atoms. The van der Waals surface area contributed by atoms with Gasteiger partial charge in [-0.2, -0.15) is 0 Å². The van der Waals surface area contributed by atoms with Crippen LogP contribution in [0.4, 0.5) is 0 Å². The molecule has 0 saturated heterocycles. The summed E-state index contributed by atoms with van der Waals surface area (Å²) in [5.74, 6) is 0.872. The van der Waals surface area contributed by atoms with Crippen molar-refractivity contribution in [2.24, 2.45) is 5.92 Å². The van der Waals surface area contributed by atoms with Crippen LogP contribution in [0.1, 0.15) is 52.4 Å². The van der Waals surface area contributed by atoms with E-state index in [4.69, 9.17) is 4.74 Å². The molecule has 0 heterocycles. The van der Waals surface area contributed by atoms with Gasteiger partial charge >= 0.3 is 0 Å². The third kappa shape index (κ3) is 6.16. The zero-order valence-electron chi connectivity index (χ0n) is 10.4. The molecule has 1 N–H and O–H groups in total. The van der Waals surface area contributed by atoms with Gasteiger partial charge in [0.2, 0.25) is 0 Å². The highest BCUT2D eigenvalue weighted by molar-refractivity contribution is 4.70. The molecule has 1 saturated carbocycles. The second-order valence-electron chi connectivity index (χ2n) is 4.87. The van der Waals surface area contributed by atoms with E-state index in [9.17, 15) is 0 Å². The standard InChI is InChI=1S/C13H27NO/c1-3-4-8-14-9-10-15-13-7-5-6-12(2)11-13/h12-14H,3-11H2,1-2H3. The average molecular weight is 213 g/mol. The van der Waals surface area contributed by atoms with Crippen LogP contribution in [0.3, 0.4) is 0 Å². The van der Waals surface area contributed by atoms with E-state index < -0.39 is 0 Å². The summed E-state index contributed by atoms with van der Waals surface area (Å²) in [5.41, 5.74) is 0. The Labute approximate surface area is 94.8 Å². The minimum Gasteiger partial charge on any atom is -0.377 e. The van der Waals surface area contributed by atoms with Crippen molar-refractivity contribution in [3.8, 4) is 0 Å². The topological polar surface area (TPSA) is 21.3 Å². The highest BCUT2D eigenvalue weighted by atomic mass is 16.5. The van der Waals surface area contributed by atoms with E-state index in [1.807, 2.05) is 0 Å². The van der Waals surface area contributed by atoms with Crippen molar-refractivity contribution >= 4 is 0 Å². The molecule has 0 aromatic rings. The molecule has 1 fully saturated rings. The van der Waals surface area contributed by atoms with Gasteiger partial charge in [-0.1, -0.05) is 33.1 Å². The summed E-state index contributed by atoms with van der Waals surface area (Å²) in [6.45, 7) is 7.61. The van der Waals surface area contributed by atoms with Gasteiger partial charge in [-0.15, -0.1) is 0 Å². The van der Waals surface area contributed by atoms with Crippen LogP contribution in [0, 0.1) is 5.92 Å². The Bertz CT molecular complexity index is 149. The van der Waals surface area contributed by atoms with Gasteiger partial charge < -0.3 is 10.1 Å². The van der Waals surface area contributed by atoms with Gasteiger partial charge in [-0.05, 0) is 31.7 Å². The summed E-state index contributed by atoms with van der Waals surface area (Å²) in [6, 6.07) is 0. The number of ether oxygens (including phenoxy) is 1. The highest BCUT2D eigenvalue weighted by Gasteiger charge is 2.18. The predicted molar refractivity (Wildman–Crippen MR) is 65.1 cm³/mol. The van der Waals surface area contributed by atoms with E-state index in [-0.39, 0.29) is 0 Å². The Morgan fingerprint density at radius 3 is 2.87 bits per heavy atom. The van der Waals surface area contributed by atoms with Crippen LogP contribution < -0.4 is 5.32 Å². The van der Waals surface area contributed by atoms with Crippen LogP contribution in [0.5, 0.6) is 0 Å². The Kier molecular flexibility index (Phi) is 7.03. The summed E-state index contributed by atoms with van der Waals surface area (Å²) < 4.78 is 5.87. The molecule has 1 aliphatic rings. The summed E-state index contributed by atoms with van der Waals surface area (Å²) in [4.78, 5) is 0. The summed E-state index contributed by atoms with van der Waals surface area (Å²) in [7, 11) is 0. The Balaban J connectivity index is 1.90. The largest absolute Gasteiger partial charge is 0.377 e. The monoisotopic (exact) mass is 213 g/mol. The van der Waals surface area contributed by atoms with Crippen molar-refractivity contribution in [1.29, 1.82) is 0 Å². The smallest absolute Gasteiger partial charge is 0.0594 e. The molecule has 2 atom stereocenters. The number of hydrogen-bond acceptors (Lipinski definition) is 2. The lowest BCUT2D eigenvalue weighted by atomic mass is 9.89. The molecular formula is C13H27NO. The lowest BCUT2D eigenvalue weighted by Crippen LogP contribution is -2.26. The van der Waals surface area contributed by atoms with Gasteiger partial charge in [0.25, 0.3) is 0 Å². The molecule has 0 radical (unpaired) electrons. The number of nitrogens with one attached hydrogen (secondary N) is 1. The molecular weight excluding hydrogens is 186 g/mol. The Morgan fingerprint density at radius 1 is 1.27 bits per heavy atom. The molecule has 0 aromatic heterocycles. The molecule has 2 nitrogen and oxygen atoms in total. The lowest BCUT2D eigenvalue weighted by Gasteiger charge is -2.26. The molecule has 90 valence electrons. The van der Waals surface area contributed by atoms with E-state index >= 15 is 0 Å². The van der Waals surface area contributed by atoms with E-state index in [0.717, 1.165) is 25.6 Å². The second kappa shape index (κ2) is 8.12. The van der Waals surface area contributed by atoms with Crippen LogP contribution in [-0.4, -0.2) is 25.8 Å². The fourth-order valence-electron chi connectivity index (χ4n) is 2.25. The highest BCUT2D eigenvalue weighted by Crippen LogP contribution is 2.25. The van der Waals surface area contributed by atoms with Crippen molar-refractivity contribution in [3.05, 3.63) is 0 Å². The van der Waals surface area contributed by atoms with E-state index in [0.29, 0.717) is 6.10 Å². The second-order valence-corrected chi connectivity index (χ2v) is 4.87. The first-order valence-electron chi connectivity index (χ1n) is 6.65. The fourth-order valence-corrected chi connectivity index (χ4v) is 2.25. The van der Waals surface area contributed by atoms with Crippen LogP contribution in [0.15, 0.2) is 0 Å². The first-order valence-corrected chi connectivity index (χ1v) is 6.65. The van der Waals surface area contributed by atoms with Crippen LogP contribution in [0.25, 0.3) is 0 Å². The van der Waals surface area contributed by atoms with Crippen molar-refractivity contribution in [3.63, 3.8) is 0 Å². The van der Waals surface area contributed by atoms with Crippen LogP contribution in [0.2, 0.25) is 0 Å². The lowest BCUT2D eigenvalue weighted by molar-refractivity contribution is 0.0174. The van der Waals surface area contributed by atoms with E-state index in [1.165, 1.54) is 38.5 Å². The first kappa shape index (κ1) is 13.0. The van der Waals surface area contributed by atoms with Crippen molar-refractivity contribution in [2.75, 3.05) is 19.7 Å². The molecule has 2 heteroatoms. The summed E-state index contributed by atoms with van der Waals surface area (Å²) >= 11 is 0. The number of hydrogen-bond donors (Lipinski definition) is 1. The normalized spacial score (nSPS) is 26.8. The van der Waals surface area contributed by atoms with Gasteiger partial charge in [0.05, 0.1) is 12.7 Å². The molecule has 0 bridgehead atoms. The van der Waals surface area contributed by atoms with Crippen molar-refractivity contribution in [1.82, 2.24) is 5.32 Å². The molecule has 0 aliphatic heterocycles. The van der Waals surface area contributed by atoms with E-state index in [2.05, 4.69) is 19.2 Å². The summed E-state index contributed by atoms with van der Waals surface area (Å²) in [5, 5.41) is 3.41. The minimum atomic E-state index is 0.543. The predicted octanol–water partition coefficient (Wildman–Crippen LogP) is 2.97. The molecule has 2 unspecified atom stereocenters. The molecule has 15 heavy (non-hydrogen) atoms. The van der Waals surface area contributed by atoms with Gasteiger partial charge in [-0.25, -0.2) is 0 Å². The van der Waals surface area contributed by atoms with Gasteiger partial charge in [0.1, 0.15) is 0 Å². The van der Waals surface area contributed by atoms with Crippen molar-refractivity contribution < 1.29 is 4.74 Å². The van der Waals surface area contributed by atoms with Crippen LogP contribution >= 0.6 is 0 Å². The first-order chi connectivity index (χ1) is 7.33. The fraction of sp³-hybridized carbons (Fsp3) is 1.00. The number of rotatable bonds is 7. The third-order valence-electron chi connectivity index (χ3n) is 3.23. The maximum absolute atomic E-state index is 5.87. The van der Waals surface area contributed by atoms with Crippen molar-refractivity contribution in [2.45, 2.75) is 58.5 Å². The quantitative estimate of drug-likeness (QED) is 0.656. The number of unbranched alkanes of at least 4 members (excludes halogenated alkanes) is 1. The van der Waals surface area contributed by atoms with Gasteiger partial charge in [-0.3, -0.25) is 0 Å². The van der Waals surface area contributed by atoms with Crippen LogP contribution in [-0.2, 0) is 4.74 Å². The van der Waals surface area contributed by atoms with Gasteiger partial charge in [0, 0.05) is 6.54 Å². The Hall–Kier alpha value is -0.0800. The van der Waals surface area contributed by atoms with E-state index in [1.54, 1.807) is 0 Å². The maximum Gasteiger partial charge on any atom is 0.0594 e. The molecule has 0 amide bonds. The molecule has 1 rings (SSSR count). The van der Waals surface area contributed by atoms with Gasteiger partial charge in [0.15, 0.2) is 0 Å². The third-order valence-corrected chi connectivity index (χ3v) is 3.23. The summed E-state index contributed by atoms with van der Waals surface area (Å²) in [6.07, 6.45) is 8.40. The molecule has 1 aliphatic carbocycles. The zero-order valence-corrected chi connectivity index (χ0v) is 10.4. The Morgan fingerprint density at radius 2 is 2.13 bits per heavy atom. The minimum absolute atomic E-state index is 0.543. The maximum atomic E-state index is 5.87. The molecule has 0 aromatic carbocycles. The SMILES string of the molecule is CCCCNCCOC1CCCC(C)C1. The average Bonchev–Trinajstić information content (AvgIpc) is 2.23. The zero-order chi connectivity index (χ0) is 10.9.